The summed E-state index contributed by atoms with van der Waals surface area (Å²) in [7, 11) is -3.74. The lowest BCUT2D eigenvalue weighted by atomic mass is 10.2. The van der Waals surface area contributed by atoms with Crippen molar-refractivity contribution in [3.05, 3.63) is 66.1 Å². The van der Waals surface area contributed by atoms with Crippen LogP contribution in [0, 0.1) is 5.82 Å². The number of benzene rings is 2. The zero-order valence-corrected chi connectivity index (χ0v) is 17.6. The molecule has 0 radical (unpaired) electrons. The summed E-state index contributed by atoms with van der Waals surface area (Å²) < 4.78 is 38.3. The molecule has 0 spiro atoms. The molecule has 3 rings (SSSR count). The monoisotopic (exact) mass is 443 g/mol. The first-order chi connectivity index (χ1) is 14.8. The summed E-state index contributed by atoms with van der Waals surface area (Å²) in [5.74, 6) is -0.551. The highest BCUT2D eigenvalue weighted by Gasteiger charge is 2.18. The molecular formula is C21H22FN5O3S. The standard InChI is InChI=1S/C21H22FN5O3S/c1-2-11-24-21(28)26-16-7-3-14(4-8-16)20-25-17(12-19(23)27-20)13-31(29,30)18-9-5-15(22)6-10-18/h3-10,12H,2,11,13H2,1H3,(H2,23,25,27)(H2,24,26,28). The van der Waals surface area contributed by atoms with Gasteiger partial charge in [-0.15, -0.1) is 0 Å². The molecule has 0 atom stereocenters. The number of aromatic nitrogens is 2. The molecule has 0 bridgehead atoms. The van der Waals surface area contributed by atoms with Gasteiger partial charge in [0.15, 0.2) is 15.7 Å². The lowest BCUT2D eigenvalue weighted by Crippen LogP contribution is -2.29. The van der Waals surface area contributed by atoms with E-state index < -0.39 is 21.4 Å². The predicted molar refractivity (Wildman–Crippen MR) is 116 cm³/mol. The summed E-state index contributed by atoms with van der Waals surface area (Å²) >= 11 is 0. The molecule has 1 heterocycles. The molecule has 0 saturated carbocycles. The molecule has 31 heavy (non-hydrogen) atoms. The number of nitrogens with one attached hydrogen (secondary N) is 2. The fraction of sp³-hybridized carbons (Fsp3) is 0.190. The maximum atomic E-state index is 13.1. The third-order valence-corrected chi connectivity index (χ3v) is 5.91. The second kappa shape index (κ2) is 9.52. The van der Waals surface area contributed by atoms with Crippen molar-refractivity contribution >= 4 is 27.4 Å². The Labute approximate surface area is 179 Å². The van der Waals surface area contributed by atoms with E-state index in [-0.39, 0.29) is 28.3 Å². The number of urea groups is 1. The van der Waals surface area contributed by atoms with E-state index in [0.717, 1.165) is 18.6 Å². The molecule has 8 nitrogen and oxygen atoms in total. The van der Waals surface area contributed by atoms with Crippen molar-refractivity contribution in [3.8, 4) is 11.4 Å². The van der Waals surface area contributed by atoms with Crippen LogP contribution in [-0.2, 0) is 15.6 Å². The van der Waals surface area contributed by atoms with Crippen LogP contribution < -0.4 is 16.4 Å². The van der Waals surface area contributed by atoms with E-state index >= 15 is 0 Å². The van der Waals surface area contributed by atoms with E-state index in [1.54, 1.807) is 24.3 Å². The van der Waals surface area contributed by atoms with Gasteiger partial charge in [0.05, 0.1) is 16.3 Å². The highest BCUT2D eigenvalue weighted by molar-refractivity contribution is 7.90. The Kier molecular flexibility index (Phi) is 6.81. The average molecular weight is 444 g/mol. The third-order valence-electron chi connectivity index (χ3n) is 4.25. The SMILES string of the molecule is CCCNC(=O)Nc1ccc(-c2nc(N)cc(CS(=O)(=O)c3ccc(F)cc3)n2)cc1. The first kappa shape index (κ1) is 22.2. The summed E-state index contributed by atoms with van der Waals surface area (Å²) in [6.07, 6.45) is 0.832. The zero-order chi connectivity index (χ0) is 22.4. The first-order valence-electron chi connectivity index (χ1n) is 9.54. The van der Waals surface area contributed by atoms with Crippen LogP contribution in [0.3, 0.4) is 0 Å². The van der Waals surface area contributed by atoms with Crippen LogP contribution >= 0.6 is 0 Å². The quantitative estimate of drug-likeness (QED) is 0.481. The number of carbonyl (C=O) groups excluding carboxylic acids is 1. The van der Waals surface area contributed by atoms with E-state index in [1.807, 2.05) is 6.92 Å². The summed E-state index contributed by atoms with van der Waals surface area (Å²) in [5, 5.41) is 5.42. The number of hydrogen-bond acceptors (Lipinski definition) is 6. The topological polar surface area (TPSA) is 127 Å². The molecule has 0 aliphatic heterocycles. The van der Waals surface area contributed by atoms with Crippen LogP contribution in [-0.4, -0.2) is 31.0 Å². The average Bonchev–Trinajstić information content (AvgIpc) is 2.72. The maximum Gasteiger partial charge on any atom is 0.319 e. The van der Waals surface area contributed by atoms with Crippen LogP contribution in [0.1, 0.15) is 19.0 Å². The van der Waals surface area contributed by atoms with Gasteiger partial charge in [0.1, 0.15) is 11.6 Å². The number of rotatable bonds is 7. The van der Waals surface area contributed by atoms with E-state index in [1.165, 1.54) is 18.2 Å². The van der Waals surface area contributed by atoms with Gasteiger partial charge in [-0.05, 0) is 55.0 Å². The summed E-state index contributed by atoms with van der Waals surface area (Å²) in [6, 6.07) is 12.4. The van der Waals surface area contributed by atoms with E-state index in [2.05, 4.69) is 20.6 Å². The van der Waals surface area contributed by atoms with Crippen molar-refractivity contribution in [3.63, 3.8) is 0 Å². The van der Waals surface area contributed by atoms with Crippen molar-refractivity contribution in [1.29, 1.82) is 0 Å². The molecule has 0 unspecified atom stereocenters. The molecule has 4 N–H and O–H groups in total. The number of halogens is 1. The normalized spacial score (nSPS) is 11.2. The van der Waals surface area contributed by atoms with Crippen LogP contribution in [0.4, 0.5) is 20.7 Å². The van der Waals surface area contributed by atoms with Crippen molar-refractivity contribution in [2.75, 3.05) is 17.6 Å². The van der Waals surface area contributed by atoms with Gasteiger partial charge in [-0.3, -0.25) is 0 Å². The lowest BCUT2D eigenvalue weighted by molar-refractivity contribution is 0.252. The van der Waals surface area contributed by atoms with Gasteiger partial charge in [0, 0.05) is 23.9 Å². The van der Waals surface area contributed by atoms with E-state index in [0.29, 0.717) is 17.8 Å². The number of hydrogen-bond donors (Lipinski definition) is 3. The fourth-order valence-corrected chi connectivity index (χ4v) is 4.01. The highest BCUT2D eigenvalue weighted by Crippen LogP contribution is 2.22. The van der Waals surface area contributed by atoms with E-state index in [4.69, 9.17) is 5.73 Å². The first-order valence-corrected chi connectivity index (χ1v) is 11.2. The lowest BCUT2D eigenvalue weighted by Gasteiger charge is -2.09. The van der Waals surface area contributed by atoms with Crippen LogP contribution in [0.5, 0.6) is 0 Å². The summed E-state index contributed by atoms with van der Waals surface area (Å²) in [5.41, 5.74) is 7.26. The highest BCUT2D eigenvalue weighted by atomic mass is 32.2. The van der Waals surface area contributed by atoms with Crippen LogP contribution in [0.2, 0.25) is 0 Å². The smallest absolute Gasteiger partial charge is 0.319 e. The minimum absolute atomic E-state index is 0.00980. The number of sulfone groups is 1. The van der Waals surface area contributed by atoms with Gasteiger partial charge in [0.25, 0.3) is 0 Å². The van der Waals surface area contributed by atoms with E-state index in [9.17, 15) is 17.6 Å². The number of anilines is 2. The Bertz CT molecular complexity index is 1170. The molecule has 10 heteroatoms. The summed E-state index contributed by atoms with van der Waals surface area (Å²) in [6.45, 7) is 2.53. The second-order valence-electron chi connectivity index (χ2n) is 6.78. The molecule has 0 saturated heterocycles. The number of amides is 2. The van der Waals surface area contributed by atoms with Crippen molar-refractivity contribution in [1.82, 2.24) is 15.3 Å². The Morgan fingerprint density at radius 3 is 2.39 bits per heavy atom. The number of nitrogens with two attached hydrogens (primary N) is 1. The van der Waals surface area contributed by atoms with Crippen LogP contribution in [0.25, 0.3) is 11.4 Å². The number of nitrogen functional groups attached to an aromatic ring is 1. The predicted octanol–water partition coefficient (Wildman–Crippen LogP) is 3.37. The summed E-state index contributed by atoms with van der Waals surface area (Å²) in [4.78, 5) is 20.2. The Balaban J connectivity index is 1.79. The maximum absolute atomic E-state index is 13.1. The van der Waals surface area contributed by atoms with Crippen molar-refractivity contribution < 1.29 is 17.6 Å². The molecule has 0 aliphatic rings. The van der Waals surface area contributed by atoms with Gasteiger partial charge in [0.2, 0.25) is 0 Å². The Hall–Kier alpha value is -3.53. The molecular weight excluding hydrogens is 421 g/mol. The van der Waals surface area contributed by atoms with Gasteiger partial charge in [-0.2, -0.15) is 0 Å². The van der Waals surface area contributed by atoms with Crippen LogP contribution in [0.15, 0.2) is 59.5 Å². The minimum Gasteiger partial charge on any atom is -0.384 e. The minimum atomic E-state index is -3.74. The second-order valence-corrected chi connectivity index (χ2v) is 8.77. The number of nitrogens with zero attached hydrogens (tertiary/aromatic N) is 2. The molecule has 162 valence electrons. The fourth-order valence-electron chi connectivity index (χ4n) is 2.76. The Morgan fingerprint density at radius 2 is 1.74 bits per heavy atom. The van der Waals surface area contributed by atoms with Gasteiger partial charge in [-0.25, -0.2) is 27.6 Å². The molecule has 3 aromatic rings. The van der Waals surface area contributed by atoms with Gasteiger partial charge >= 0.3 is 6.03 Å². The molecule has 0 fully saturated rings. The van der Waals surface area contributed by atoms with Crippen molar-refractivity contribution in [2.45, 2.75) is 24.0 Å². The van der Waals surface area contributed by atoms with Gasteiger partial charge in [-0.1, -0.05) is 6.92 Å². The third kappa shape index (κ3) is 5.98. The molecule has 2 amide bonds. The molecule has 2 aromatic carbocycles. The zero-order valence-electron chi connectivity index (χ0n) is 16.8. The molecule has 0 aliphatic carbocycles. The largest absolute Gasteiger partial charge is 0.384 e. The number of carbonyl (C=O) groups is 1. The van der Waals surface area contributed by atoms with Crippen molar-refractivity contribution in [2.24, 2.45) is 0 Å². The molecule has 1 aromatic heterocycles. The Morgan fingerprint density at radius 1 is 1.06 bits per heavy atom. The van der Waals surface area contributed by atoms with Gasteiger partial charge < -0.3 is 16.4 Å².